The quantitative estimate of drug-likeness (QED) is 0.296. The molecule has 6 N–H and O–H groups in total. The second-order valence-electron chi connectivity index (χ2n) is 8.55. The molecule has 2 amide bonds. The van der Waals surface area contributed by atoms with Gasteiger partial charge in [-0.2, -0.15) is 0 Å². The van der Waals surface area contributed by atoms with Crippen LogP contribution in [-0.2, 0) is 22.4 Å². The van der Waals surface area contributed by atoms with Crippen LogP contribution in [0.15, 0.2) is 48.5 Å². The van der Waals surface area contributed by atoms with Gasteiger partial charge in [-0.05, 0) is 49.2 Å². The van der Waals surface area contributed by atoms with Crippen LogP contribution in [0, 0.1) is 0 Å². The largest absolute Gasteiger partial charge is 0.491 e. The molecule has 0 radical (unpaired) electrons. The average Bonchev–Trinajstić information content (AvgIpc) is 2.77. The Morgan fingerprint density at radius 2 is 1.12 bits per heavy atom. The van der Waals surface area contributed by atoms with E-state index in [9.17, 15) is 19.8 Å². The van der Waals surface area contributed by atoms with Crippen LogP contribution < -0.4 is 20.9 Å². The van der Waals surface area contributed by atoms with Crippen LogP contribution >= 0.6 is 0 Å². The van der Waals surface area contributed by atoms with E-state index in [-0.39, 0.29) is 32.1 Å². The third-order valence-electron chi connectivity index (χ3n) is 5.11. The lowest BCUT2D eigenvalue weighted by molar-refractivity contribution is -0.118. The number of benzene rings is 2. The molecule has 0 saturated carbocycles. The minimum Gasteiger partial charge on any atom is -0.491 e. The zero-order valence-corrected chi connectivity index (χ0v) is 19.7. The molecule has 0 heterocycles. The molecule has 0 fully saturated rings. The molecule has 9 nitrogen and oxygen atoms in total. The summed E-state index contributed by atoms with van der Waals surface area (Å²) in [6.07, 6.45) is -1.20. The Balaban J connectivity index is 1.77. The Labute approximate surface area is 200 Å². The van der Waals surface area contributed by atoms with E-state index in [0.717, 1.165) is 11.1 Å². The maximum atomic E-state index is 11.0. The summed E-state index contributed by atoms with van der Waals surface area (Å²) in [6.45, 7) is 4.77. The number of carbonyl (C=O) groups is 2. The van der Waals surface area contributed by atoms with Crippen molar-refractivity contribution in [2.45, 2.75) is 44.9 Å². The lowest BCUT2D eigenvalue weighted by atomic mass is 10.1. The van der Waals surface area contributed by atoms with Gasteiger partial charge in [0.1, 0.15) is 36.9 Å². The number of hydrogen-bond donors (Lipinski definition) is 4. The molecule has 0 bridgehead atoms. The summed E-state index contributed by atoms with van der Waals surface area (Å²) in [4.78, 5) is 23.9. The second-order valence-corrected chi connectivity index (χ2v) is 8.55. The number of nitrogens with two attached hydrogens (primary N) is 2. The lowest BCUT2D eigenvalue weighted by Gasteiger charge is -2.30. The van der Waals surface area contributed by atoms with Gasteiger partial charge in [0.25, 0.3) is 0 Å². The summed E-state index contributed by atoms with van der Waals surface area (Å²) in [5.74, 6) is 0.365. The van der Waals surface area contributed by atoms with Crippen molar-refractivity contribution >= 4 is 11.8 Å². The molecular formula is C25H35N3O6. The molecule has 0 saturated heterocycles. The Bertz CT molecular complexity index is 830. The van der Waals surface area contributed by atoms with Crippen LogP contribution in [0.4, 0.5) is 0 Å². The van der Waals surface area contributed by atoms with Crippen LogP contribution in [0.3, 0.4) is 0 Å². The maximum Gasteiger partial charge on any atom is 0.221 e. The van der Waals surface area contributed by atoms with Crippen molar-refractivity contribution in [1.82, 2.24) is 4.90 Å². The Hall–Kier alpha value is -3.14. The van der Waals surface area contributed by atoms with Gasteiger partial charge in [-0.1, -0.05) is 24.3 Å². The molecule has 2 aromatic carbocycles. The fourth-order valence-electron chi connectivity index (χ4n) is 3.34. The Morgan fingerprint density at radius 1 is 0.765 bits per heavy atom. The average molecular weight is 474 g/mol. The van der Waals surface area contributed by atoms with Gasteiger partial charge in [0.05, 0.1) is 12.8 Å². The van der Waals surface area contributed by atoms with E-state index in [4.69, 9.17) is 20.9 Å². The van der Waals surface area contributed by atoms with E-state index >= 15 is 0 Å². The minimum atomic E-state index is -0.765. The SMILES string of the molecule is CC(C)N(C[C@H](O)COc1ccc(CC(N)=O)cc1)C[C@@H](O)COc1ccc(CC(N)=O)cc1. The molecule has 2 aromatic rings. The first-order chi connectivity index (χ1) is 16.1. The number of carbonyl (C=O) groups excluding carboxylic acids is 2. The van der Waals surface area contributed by atoms with Gasteiger partial charge in [-0.3, -0.25) is 14.5 Å². The molecule has 0 aliphatic rings. The monoisotopic (exact) mass is 473 g/mol. The molecular weight excluding hydrogens is 438 g/mol. The molecule has 0 aliphatic carbocycles. The number of aliphatic hydroxyl groups excluding tert-OH is 2. The zero-order valence-electron chi connectivity index (χ0n) is 19.7. The first-order valence-corrected chi connectivity index (χ1v) is 11.2. The fourth-order valence-corrected chi connectivity index (χ4v) is 3.34. The summed E-state index contributed by atoms with van der Waals surface area (Å²) in [7, 11) is 0. The van der Waals surface area contributed by atoms with Crippen molar-refractivity contribution in [1.29, 1.82) is 0 Å². The zero-order chi connectivity index (χ0) is 25.1. The highest BCUT2D eigenvalue weighted by Gasteiger charge is 2.19. The van der Waals surface area contributed by atoms with Gasteiger partial charge in [-0.15, -0.1) is 0 Å². The van der Waals surface area contributed by atoms with Crippen LogP contribution in [0.25, 0.3) is 0 Å². The van der Waals surface area contributed by atoms with Crippen LogP contribution in [0.5, 0.6) is 11.5 Å². The van der Waals surface area contributed by atoms with Crippen LogP contribution in [0.1, 0.15) is 25.0 Å². The van der Waals surface area contributed by atoms with Crippen molar-refractivity contribution in [3.8, 4) is 11.5 Å². The standard InChI is InChI=1S/C25H35N3O6/c1-17(2)28(13-20(29)15-33-22-7-3-18(4-8-22)11-24(26)31)14-21(30)16-34-23-9-5-19(6-10-23)12-25(27)32/h3-10,17,20-21,29-30H,11-16H2,1-2H3,(H2,26,31)(H2,27,32)/t20-,21+. The predicted molar refractivity (Wildman–Crippen MR) is 128 cm³/mol. The molecule has 0 unspecified atom stereocenters. The van der Waals surface area contributed by atoms with E-state index in [2.05, 4.69) is 0 Å². The predicted octanol–water partition coefficient (Wildman–Crippen LogP) is 0.632. The normalized spacial score (nSPS) is 13.0. The molecule has 0 spiro atoms. The van der Waals surface area contributed by atoms with Gasteiger partial charge in [0.15, 0.2) is 0 Å². The molecule has 0 aliphatic heterocycles. The van der Waals surface area contributed by atoms with Crippen molar-refractivity contribution in [2.24, 2.45) is 11.5 Å². The lowest BCUT2D eigenvalue weighted by Crippen LogP contribution is -2.45. The summed E-state index contributed by atoms with van der Waals surface area (Å²) >= 11 is 0. The maximum absolute atomic E-state index is 11.0. The van der Waals surface area contributed by atoms with E-state index < -0.39 is 24.0 Å². The smallest absolute Gasteiger partial charge is 0.221 e. The number of amides is 2. The van der Waals surface area contributed by atoms with E-state index in [1.807, 2.05) is 18.7 Å². The van der Waals surface area contributed by atoms with Gasteiger partial charge in [-0.25, -0.2) is 0 Å². The highest BCUT2D eigenvalue weighted by molar-refractivity contribution is 5.77. The number of aliphatic hydroxyl groups is 2. The van der Waals surface area contributed by atoms with Gasteiger partial charge in [0, 0.05) is 19.1 Å². The first kappa shape index (κ1) is 27.1. The Morgan fingerprint density at radius 3 is 1.41 bits per heavy atom. The molecule has 9 heteroatoms. The number of ether oxygens (including phenoxy) is 2. The van der Waals surface area contributed by atoms with Crippen LogP contribution in [0.2, 0.25) is 0 Å². The third kappa shape index (κ3) is 10.2. The fraction of sp³-hybridized carbons (Fsp3) is 0.440. The number of nitrogens with zero attached hydrogens (tertiary/aromatic N) is 1. The van der Waals surface area contributed by atoms with Gasteiger partial charge < -0.3 is 31.2 Å². The van der Waals surface area contributed by atoms with Crippen molar-refractivity contribution in [2.75, 3.05) is 26.3 Å². The van der Waals surface area contributed by atoms with Gasteiger partial charge in [0.2, 0.25) is 11.8 Å². The number of hydrogen-bond acceptors (Lipinski definition) is 7. The summed E-state index contributed by atoms with van der Waals surface area (Å²) in [6, 6.07) is 14.0. The highest BCUT2D eigenvalue weighted by atomic mass is 16.5. The topological polar surface area (TPSA) is 148 Å². The molecule has 2 atom stereocenters. The molecule has 186 valence electrons. The highest BCUT2D eigenvalue weighted by Crippen LogP contribution is 2.15. The molecule has 0 aromatic heterocycles. The van der Waals surface area contributed by atoms with E-state index in [1.165, 1.54) is 0 Å². The van der Waals surface area contributed by atoms with Crippen molar-refractivity contribution < 1.29 is 29.3 Å². The van der Waals surface area contributed by atoms with Gasteiger partial charge >= 0.3 is 0 Å². The molecule has 2 rings (SSSR count). The number of rotatable bonds is 15. The summed E-state index contributed by atoms with van der Waals surface area (Å²) in [5.41, 5.74) is 12.0. The van der Waals surface area contributed by atoms with E-state index in [0.29, 0.717) is 24.6 Å². The Kier molecular flexibility index (Phi) is 10.8. The third-order valence-corrected chi connectivity index (χ3v) is 5.11. The van der Waals surface area contributed by atoms with E-state index in [1.54, 1.807) is 48.5 Å². The van der Waals surface area contributed by atoms with Crippen molar-refractivity contribution in [3.05, 3.63) is 59.7 Å². The van der Waals surface area contributed by atoms with Crippen molar-refractivity contribution in [3.63, 3.8) is 0 Å². The summed E-state index contributed by atoms with van der Waals surface area (Å²) in [5, 5.41) is 20.9. The number of primary amides is 2. The first-order valence-electron chi connectivity index (χ1n) is 11.2. The van der Waals surface area contributed by atoms with Crippen LogP contribution in [-0.4, -0.2) is 71.5 Å². The second kappa shape index (κ2) is 13.5. The summed E-state index contributed by atoms with van der Waals surface area (Å²) < 4.78 is 11.3. The molecule has 34 heavy (non-hydrogen) atoms. The minimum absolute atomic E-state index is 0.0859.